The van der Waals surface area contributed by atoms with Crippen LogP contribution < -0.4 is 5.32 Å². The van der Waals surface area contributed by atoms with Crippen molar-refractivity contribution in [1.29, 1.82) is 0 Å². The Bertz CT molecular complexity index is 1030. The average Bonchev–Trinajstić information content (AvgIpc) is 3.30. The number of amides is 1. The standard InChI is InChI=1S/C20H26ClN7O2S/c1-13(8-23-19(29)30-20(2,3)4)28-17(12-31-15-10-24-27(5)11-15)25-18(26-28)16-7-6-14(21)9-22-16/h6-7,9-11,13H,8,12H2,1-5H3,(H,23,29). The van der Waals surface area contributed by atoms with Gasteiger partial charge in [0.25, 0.3) is 0 Å². The number of nitrogens with one attached hydrogen (secondary N) is 1. The highest BCUT2D eigenvalue weighted by molar-refractivity contribution is 7.98. The largest absolute Gasteiger partial charge is 0.444 e. The molecule has 0 aliphatic carbocycles. The van der Waals surface area contributed by atoms with Crippen LogP contribution in [0.4, 0.5) is 4.79 Å². The number of nitrogens with zero attached hydrogens (tertiary/aromatic N) is 6. The van der Waals surface area contributed by atoms with Crippen LogP contribution in [0.15, 0.2) is 35.6 Å². The van der Waals surface area contributed by atoms with Crippen LogP contribution in [0.1, 0.15) is 39.6 Å². The van der Waals surface area contributed by atoms with E-state index >= 15 is 0 Å². The van der Waals surface area contributed by atoms with Gasteiger partial charge in [0.1, 0.15) is 17.1 Å². The summed E-state index contributed by atoms with van der Waals surface area (Å²) in [7, 11) is 1.88. The van der Waals surface area contributed by atoms with Crippen LogP contribution in [0.25, 0.3) is 11.5 Å². The molecule has 31 heavy (non-hydrogen) atoms. The number of ether oxygens (including phenoxy) is 1. The molecular formula is C20H26ClN7O2S. The lowest BCUT2D eigenvalue weighted by Gasteiger charge is -2.21. The molecule has 1 amide bonds. The molecule has 1 atom stereocenters. The molecule has 3 heterocycles. The lowest BCUT2D eigenvalue weighted by Crippen LogP contribution is -2.35. The molecule has 3 aromatic heterocycles. The first-order chi connectivity index (χ1) is 14.6. The van der Waals surface area contributed by atoms with Crippen LogP contribution in [0.5, 0.6) is 0 Å². The minimum absolute atomic E-state index is 0.148. The Hall–Kier alpha value is -2.59. The zero-order chi connectivity index (χ0) is 22.6. The molecule has 3 rings (SSSR count). The first kappa shape index (κ1) is 23.1. The molecule has 0 spiro atoms. The van der Waals surface area contributed by atoms with Gasteiger partial charge in [-0.1, -0.05) is 11.6 Å². The van der Waals surface area contributed by atoms with Gasteiger partial charge in [-0.25, -0.2) is 14.5 Å². The van der Waals surface area contributed by atoms with Crippen molar-refractivity contribution < 1.29 is 9.53 Å². The fraction of sp³-hybridized carbons (Fsp3) is 0.450. The van der Waals surface area contributed by atoms with Gasteiger partial charge in [-0.05, 0) is 39.8 Å². The minimum Gasteiger partial charge on any atom is -0.444 e. The number of rotatable bonds is 7. The van der Waals surface area contributed by atoms with E-state index in [0.29, 0.717) is 28.8 Å². The Morgan fingerprint density at radius 1 is 1.32 bits per heavy atom. The molecule has 0 radical (unpaired) electrons. The Morgan fingerprint density at radius 2 is 2.10 bits per heavy atom. The summed E-state index contributed by atoms with van der Waals surface area (Å²) >= 11 is 7.56. The molecule has 0 aliphatic rings. The lowest BCUT2D eigenvalue weighted by molar-refractivity contribution is 0.0520. The van der Waals surface area contributed by atoms with Crippen molar-refractivity contribution in [3.63, 3.8) is 0 Å². The number of aryl methyl sites for hydroxylation is 1. The quantitative estimate of drug-likeness (QED) is 0.526. The van der Waals surface area contributed by atoms with Crippen molar-refractivity contribution in [3.05, 3.63) is 41.6 Å². The van der Waals surface area contributed by atoms with Gasteiger partial charge in [0, 0.05) is 30.9 Å². The molecule has 0 fully saturated rings. The van der Waals surface area contributed by atoms with Gasteiger partial charge < -0.3 is 10.1 Å². The molecule has 11 heteroatoms. The molecule has 0 bridgehead atoms. The van der Waals surface area contributed by atoms with Crippen molar-refractivity contribution in [2.75, 3.05) is 6.54 Å². The van der Waals surface area contributed by atoms with Gasteiger partial charge in [0.15, 0.2) is 5.82 Å². The summed E-state index contributed by atoms with van der Waals surface area (Å²) in [5, 5.41) is 12.2. The third-order valence-corrected chi connectivity index (χ3v) is 5.24. The molecule has 0 saturated heterocycles. The van der Waals surface area contributed by atoms with E-state index in [2.05, 4.69) is 20.5 Å². The van der Waals surface area contributed by atoms with Crippen LogP contribution in [-0.4, -0.2) is 47.8 Å². The molecule has 0 saturated carbocycles. The van der Waals surface area contributed by atoms with Crippen molar-refractivity contribution >= 4 is 29.5 Å². The summed E-state index contributed by atoms with van der Waals surface area (Å²) in [4.78, 5) is 22.1. The molecular weight excluding hydrogens is 438 g/mol. The van der Waals surface area contributed by atoms with E-state index in [1.54, 1.807) is 41.0 Å². The average molecular weight is 464 g/mol. The van der Waals surface area contributed by atoms with E-state index in [0.717, 1.165) is 10.7 Å². The maximum absolute atomic E-state index is 12.0. The normalized spacial score (nSPS) is 12.6. The summed E-state index contributed by atoms with van der Waals surface area (Å²) in [6.45, 7) is 7.78. The number of thioether (sulfide) groups is 1. The predicted molar refractivity (Wildman–Crippen MR) is 120 cm³/mol. The first-order valence-corrected chi connectivity index (χ1v) is 11.1. The maximum atomic E-state index is 12.0. The van der Waals surface area contributed by atoms with Crippen LogP contribution in [0.3, 0.4) is 0 Å². The summed E-state index contributed by atoms with van der Waals surface area (Å²) in [5.41, 5.74) is 0.0718. The third-order valence-electron chi connectivity index (χ3n) is 4.07. The summed E-state index contributed by atoms with van der Waals surface area (Å²) in [6.07, 6.45) is 4.85. The summed E-state index contributed by atoms with van der Waals surface area (Å²) in [6, 6.07) is 3.39. The zero-order valence-electron chi connectivity index (χ0n) is 18.2. The molecule has 1 N–H and O–H groups in total. The van der Waals surface area contributed by atoms with Gasteiger partial charge in [-0.15, -0.1) is 16.9 Å². The number of alkyl carbamates (subject to hydrolysis) is 1. The van der Waals surface area contributed by atoms with Crippen molar-refractivity contribution in [2.24, 2.45) is 7.05 Å². The van der Waals surface area contributed by atoms with E-state index in [4.69, 9.17) is 21.3 Å². The predicted octanol–water partition coefficient (Wildman–Crippen LogP) is 4.11. The summed E-state index contributed by atoms with van der Waals surface area (Å²) < 4.78 is 8.88. The highest BCUT2D eigenvalue weighted by atomic mass is 35.5. The van der Waals surface area contributed by atoms with Crippen LogP contribution in [0.2, 0.25) is 5.02 Å². The second-order valence-electron chi connectivity index (χ2n) is 8.03. The van der Waals surface area contributed by atoms with E-state index in [1.807, 2.05) is 45.6 Å². The Morgan fingerprint density at radius 3 is 2.71 bits per heavy atom. The Kier molecular flexibility index (Phi) is 7.22. The third kappa shape index (κ3) is 6.70. The van der Waals surface area contributed by atoms with Crippen LogP contribution in [-0.2, 0) is 17.5 Å². The number of carbonyl (C=O) groups excluding carboxylic acids is 1. The number of hydrogen-bond acceptors (Lipinski definition) is 7. The van der Waals surface area contributed by atoms with Crippen LogP contribution >= 0.6 is 23.4 Å². The van der Waals surface area contributed by atoms with E-state index < -0.39 is 11.7 Å². The van der Waals surface area contributed by atoms with Crippen molar-refractivity contribution in [3.8, 4) is 11.5 Å². The first-order valence-electron chi connectivity index (χ1n) is 9.76. The van der Waals surface area contributed by atoms with Gasteiger partial charge in [0.2, 0.25) is 0 Å². The van der Waals surface area contributed by atoms with E-state index in [-0.39, 0.29) is 6.04 Å². The monoisotopic (exact) mass is 463 g/mol. The number of hydrogen-bond donors (Lipinski definition) is 1. The summed E-state index contributed by atoms with van der Waals surface area (Å²) in [5.74, 6) is 1.85. The van der Waals surface area contributed by atoms with E-state index in [1.165, 1.54) is 0 Å². The van der Waals surface area contributed by atoms with Crippen molar-refractivity contribution in [1.82, 2.24) is 34.8 Å². The second-order valence-corrected chi connectivity index (χ2v) is 9.51. The highest BCUT2D eigenvalue weighted by Crippen LogP contribution is 2.25. The maximum Gasteiger partial charge on any atom is 0.407 e. The molecule has 0 aliphatic heterocycles. The minimum atomic E-state index is -0.556. The molecule has 1 unspecified atom stereocenters. The van der Waals surface area contributed by atoms with E-state index in [9.17, 15) is 4.79 Å². The molecule has 3 aromatic rings. The van der Waals surface area contributed by atoms with Gasteiger partial charge in [-0.2, -0.15) is 5.10 Å². The topological polar surface area (TPSA) is 99.8 Å². The molecule has 166 valence electrons. The lowest BCUT2D eigenvalue weighted by atomic mass is 10.2. The Labute approximate surface area is 190 Å². The van der Waals surface area contributed by atoms with Crippen molar-refractivity contribution in [2.45, 2.75) is 50.0 Å². The SMILES string of the molecule is CC(CNC(=O)OC(C)(C)C)n1nc(-c2ccc(Cl)cn2)nc1CSc1cnn(C)c1. The zero-order valence-corrected chi connectivity index (χ0v) is 19.7. The fourth-order valence-corrected chi connectivity index (χ4v) is 3.63. The molecule has 0 aromatic carbocycles. The van der Waals surface area contributed by atoms with Gasteiger partial charge in [-0.3, -0.25) is 9.67 Å². The number of pyridine rings is 1. The number of carbonyl (C=O) groups is 1. The Balaban J connectivity index is 1.78. The van der Waals surface area contributed by atoms with Gasteiger partial charge in [0.05, 0.1) is 23.0 Å². The van der Waals surface area contributed by atoms with Crippen LogP contribution in [0, 0.1) is 0 Å². The van der Waals surface area contributed by atoms with Gasteiger partial charge >= 0.3 is 6.09 Å². The second kappa shape index (κ2) is 9.69. The smallest absolute Gasteiger partial charge is 0.407 e. The molecule has 9 nitrogen and oxygen atoms in total. The number of aromatic nitrogens is 6. The number of halogens is 1. The highest BCUT2D eigenvalue weighted by Gasteiger charge is 2.20. The fourth-order valence-electron chi connectivity index (χ4n) is 2.68.